The van der Waals surface area contributed by atoms with Crippen molar-refractivity contribution in [3.05, 3.63) is 76.9 Å². The highest BCUT2D eigenvalue weighted by Gasteiger charge is 1.97. The SMILES string of the molecule is C/C=C\c1cccc(Cc2ccc(C=O)cc2)c1. The summed E-state index contributed by atoms with van der Waals surface area (Å²) < 4.78 is 0. The lowest BCUT2D eigenvalue weighted by atomic mass is 10.0. The number of rotatable bonds is 4. The van der Waals surface area contributed by atoms with Crippen LogP contribution < -0.4 is 0 Å². The molecular weight excluding hydrogens is 220 g/mol. The number of aldehydes is 1. The topological polar surface area (TPSA) is 17.1 Å². The molecule has 0 N–H and O–H groups in total. The monoisotopic (exact) mass is 236 g/mol. The molecule has 1 heteroatoms. The van der Waals surface area contributed by atoms with E-state index in [1.165, 1.54) is 16.7 Å². The highest BCUT2D eigenvalue weighted by atomic mass is 16.1. The molecule has 0 amide bonds. The number of allylic oxidation sites excluding steroid dienone is 1. The molecule has 0 saturated carbocycles. The molecule has 0 bridgehead atoms. The van der Waals surface area contributed by atoms with Crippen LogP contribution in [0.2, 0.25) is 0 Å². The van der Waals surface area contributed by atoms with Gasteiger partial charge in [0, 0.05) is 5.56 Å². The highest BCUT2D eigenvalue weighted by Crippen LogP contribution is 2.13. The molecule has 2 aromatic carbocycles. The van der Waals surface area contributed by atoms with E-state index in [1.54, 1.807) is 0 Å². The second-order valence-electron chi connectivity index (χ2n) is 4.28. The van der Waals surface area contributed by atoms with Gasteiger partial charge in [0.1, 0.15) is 6.29 Å². The molecule has 0 aliphatic rings. The van der Waals surface area contributed by atoms with Crippen molar-refractivity contribution < 1.29 is 4.79 Å². The third kappa shape index (κ3) is 3.17. The Kier molecular flexibility index (Phi) is 4.08. The van der Waals surface area contributed by atoms with E-state index in [4.69, 9.17) is 0 Å². The number of carbonyl (C=O) groups is 1. The van der Waals surface area contributed by atoms with Gasteiger partial charge in [0.25, 0.3) is 0 Å². The Labute approximate surface area is 108 Å². The molecule has 0 radical (unpaired) electrons. The summed E-state index contributed by atoms with van der Waals surface area (Å²) in [6, 6.07) is 16.2. The molecule has 18 heavy (non-hydrogen) atoms. The Balaban J connectivity index is 2.17. The van der Waals surface area contributed by atoms with E-state index in [0.29, 0.717) is 0 Å². The van der Waals surface area contributed by atoms with Crippen molar-refractivity contribution >= 4 is 12.4 Å². The van der Waals surface area contributed by atoms with Gasteiger partial charge in [0.05, 0.1) is 0 Å². The summed E-state index contributed by atoms with van der Waals surface area (Å²) >= 11 is 0. The van der Waals surface area contributed by atoms with Gasteiger partial charge in [0.2, 0.25) is 0 Å². The normalized spacial score (nSPS) is 10.7. The summed E-state index contributed by atoms with van der Waals surface area (Å²) in [5.74, 6) is 0. The van der Waals surface area contributed by atoms with E-state index < -0.39 is 0 Å². The third-order valence-electron chi connectivity index (χ3n) is 2.83. The molecule has 0 aliphatic carbocycles. The first-order valence-corrected chi connectivity index (χ1v) is 6.07. The lowest BCUT2D eigenvalue weighted by molar-refractivity contribution is 0.112. The van der Waals surface area contributed by atoms with Gasteiger partial charge >= 0.3 is 0 Å². The standard InChI is InChI=1S/C17H16O/c1-2-4-14-5-3-6-17(11-14)12-15-7-9-16(13-18)10-8-15/h2-11,13H,12H2,1H3/b4-2-. The lowest BCUT2D eigenvalue weighted by Crippen LogP contribution is -1.89. The summed E-state index contributed by atoms with van der Waals surface area (Å²) in [7, 11) is 0. The van der Waals surface area contributed by atoms with Crippen LogP contribution in [-0.2, 0) is 6.42 Å². The predicted molar refractivity (Wildman–Crippen MR) is 75.8 cm³/mol. The average Bonchev–Trinajstić information content (AvgIpc) is 2.40. The Hall–Kier alpha value is -2.15. The fraction of sp³-hybridized carbons (Fsp3) is 0.118. The van der Waals surface area contributed by atoms with Crippen LogP contribution in [0.4, 0.5) is 0 Å². The van der Waals surface area contributed by atoms with Gasteiger partial charge in [-0.3, -0.25) is 4.79 Å². The third-order valence-corrected chi connectivity index (χ3v) is 2.83. The largest absolute Gasteiger partial charge is 0.298 e. The minimum atomic E-state index is 0.724. The van der Waals surface area contributed by atoms with Crippen molar-refractivity contribution in [1.82, 2.24) is 0 Å². The van der Waals surface area contributed by atoms with Crippen LogP contribution in [-0.4, -0.2) is 6.29 Å². The molecule has 0 saturated heterocycles. The van der Waals surface area contributed by atoms with Crippen molar-refractivity contribution in [1.29, 1.82) is 0 Å². The minimum Gasteiger partial charge on any atom is -0.298 e. The molecule has 2 aromatic rings. The van der Waals surface area contributed by atoms with Crippen LogP contribution in [0.15, 0.2) is 54.6 Å². The molecule has 2 rings (SSSR count). The van der Waals surface area contributed by atoms with E-state index in [-0.39, 0.29) is 0 Å². The zero-order valence-electron chi connectivity index (χ0n) is 10.5. The summed E-state index contributed by atoms with van der Waals surface area (Å²) in [5, 5.41) is 0. The lowest BCUT2D eigenvalue weighted by Gasteiger charge is -2.03. The van der Waals surface area contributed by atoms with Gasteiger partial charge in [0.15, 0.2) is 0 Å². The van der Waals surface area contributed by atoms with E-state index in [2.05, 4.69) is 30.3 Å². The maximum Gasteiger partial charge on any atom is 0.150 e. The van der Waals surface area contributed by atoms with Crippen molar-refractivity contribution in [2.75, 3.05) is 0 Å². The summed E-state index contributed by atoms with van der Waals surface area (Å²) in [5.41, 5.74) is 4.45. The first-order valence-electron chi connectivity index (χ1n) is 6.07. The van der Waals surface area contributed by atoms with Crippen molar-refractivity contribution in [3.8, 4) is 0 Å². The quantitative estimate of drug-likeness (QED) is 0.730. The van der Waals surface area contributed by atoms with Crippen molar-refractivity contribution in [3.63, 3.8) is 0 Å². The van der Waals surface area contributed by atoms with Gasteiger partial charge in [-0.25, -0.2) is 0 Å². The predicted octanol–water partition coefficient (Wildman–Crippen LogP) is 4.12. The highest BCUT2D eigenvalue weighted by molar-refractivity contribution is 5.74. The number of hydrogen-bond acceptors (Lipinski definition) is 1. The maximum atomic E-state index is 10.6. The Morgan fingerprint density at radius 2 is 1.72 bits per heavy atom. The summed E-state index contributed by atoms with van der Waals surface area (Å²) in [6.45, 7) is 2.02. The average molecular weight is 236 g/mol. The number of hydrogen-bond donors (Lipinski definition) is 0. The van der Waals surface area contributed by atoms with Gasteiger partial charge < -0.3 is 0 Å². The van der Waals surface area contributed by atoms with E-state index in [1.807, 2.05) is 37.3 Å². The van der Waals surface area contributed by atoms with Crippen LogP contribution in [0.1, 0.15) is 34.0 Å². The fourth-order valence-electron chi connectivity index (χ4n) is 1.95. The van der Waals surface area contributed by atoms with Crippen LogP contribution in [0.3, 0.4) is 0 Å². The van der Waals surface area contributed by atoms with E-state index in [9.17, 15) is 4.79 Å². The Morgan fingerprint density at radius 3 is 2.39 bits per heavy atom. The molecule has 0 aromatic heterocycles. The zero-order chi connectivity index (χ0) is 12.8. The van der Waals surface area contributed by atoms with Crippen LogP contribution in [0.5, 0.6) is 0 Å². The molecule has 0 fully saturated rings. The Bertz CT molecular complexity index is 550. The molecule has 0 heterocycles. The van der Waals surface area contributed by atoms with E-state index >= 15 is 0 Å². The molecule has 1 nitrogen and oxygen atoms in total. The van der Waals surface area contributed by atoms with Crippen LogP contribution >= 0.6 is 0 Å². The van der Waals surface area contributed by atoms with Crippen molar-refractivity contribution in [2.24, 2.45) is 0 Å². The van der Waals surface area contributed by atoms with Gasteiger partial charge in [-0.1, -0.05) is 60.7 Å². The molecule has 90 valence electrons. The van der Waals surface area contributed by atoms with Crippen LogP contribution in [0.25, 0.3) is 6.08 Å². The molecule has 0 unspecified atom stereocenters. The number of carbonyl (C=O) groups excluding carboxylic acids is 1. The van der Waals surface area contributed by atoms with Crippen LogP contribution in [0, 0.1) is 0 Å². The molecule has 0 atom stereocenters. The van der Waals surface area contributed by atoms with Gasteiger partial charge in [-0.2, -0.15) is 0 Å². The van der Waals surface area contributed by atoms with Crippen molar-refractivity contribution in [2.45, 2.75) is 13.3 Å². The first-order chi connectivity index (χ1) is 8.81. The summed E-state index contributed by atoms with van der Waals surface area (Å²) in [4.78, 5) is 10.6. The fourth-order valence-corrected chi connectivity index (χ4v) is 1.95. The molecule has 0 aliphatic heterocycles. The molecular formula is C17H16O. The minimum absolute atomic E-state index is 0.724. The maximum absolute atomic E-state index is 10.6. The first kappa shape index (κ1) is 12.3. The van der Waals surface area contributed by atoms with E-state index in [0.717, 1.165) is 18.3 Å². The summed E-state index contributed by atoms with van der Waals surface area (Å²) in [6.07, 6.45) is 5.90. The second-order valence-corrected chi connectivity index (χ2v) is 4.28. The van der Waals surface area contributed by atoms with Gasteiger partial charge in [-0.05, 0) is 30.0 Å². The smallest absolute Gasteiger partial charge is 0.150 e. The Morgan fingerprint density at radius 1 is 0.944 bits per heavy atom. The zero-order valence-corrected chi connectivity index (χ0v) is 10.5. The van der Waals surface area contributed by atoms with Gasteiger partial charge in [-0.15, -0.1) is 0 Å². The number of benzene rings is 2. The molecule has 0 spiro atoms. The second kappa shape index (κ2) is 5.97.